The van der Waals surface area contributed by atoms with Crippen LogP contribution in [0.15, 0.2) is 65.1 Å². The van der Waals surface area contributed by atoms with Crippen LogP contribution < -0.4 is 14.4 Å². The number of hydrogen-bond donors (Lipinski definition) is 1. The highest BCUT2D eigenvalue weighted by Gasteiger charge is 2.28. The number of nitrogens with one attached hydrogen (secondary N) is 1. The third-order valence-corrected chi connectivity index (χ3v) is 9.02. The summed E-state index contributed by atoms with van der Waals surface area (Å²) in [5.74, 6) is 1.36. The van der Waals surface area contributed by atoms with Gasteiger partial charge in [0.05, 0.1) is 21.5 Å². The third kappa shape index (κ3) is 6.45. The smallest absolute Gasteiger partial charge is 0.317 e. The first-order chi connectivity index (χ1) is 17.1. The number of urea groups is 1. The quantitative estimate of drug-likeness (QED) is 0.333. The van der Waals surface area contributed by atoms with Crippen molar-refractivity contribution in [3.63, 3.8) is 0 Å². The summed E-state index contributed by atoms with van der Waals surface area (Å²) in [5, 5.41) is 3.75. The van der Waals surface area contributed by atoms with Gasteiger partial charge in [-0.25, -0.2) is 13.2 Å². The van der Waals surface area contributed by atoms with Crippen LogP contribution >= 0.6 is 39.1 Å². The van der Waals surface area contributed by atoms with E-state index in [0.29, 0.717) is 53.3 Å². The summed E-state index contributed by atoms with van der Waals surface area (Å²) in [6.45, 7) is 1.21. The summed E-state index contributed by atoms with van der Waals surface area (Å²) < 4.78 is 32.2. The minimum atomic E-state index is -3.21. The lowest BCUT2D eigenvalue weighted by molar-refractivity contribution is 0.206. The minimum absolute atomic E-state index is 0.181. The molecule has 1 fully saturated rings. The number of halogens is 3. The summed E-state index contributed by atoms with van der Waals surface area (Å²) in [6, 6.07) is 17.5. The molecule has 3 aromatic carbocycles. The molecule has 0 unspecified atom stereocenters. The Labute approximate surface area is 229 Å². The number of rotatable bonds is 7. The number of sulfonamides is 1. The first-order valence-corrected chi connectivity index (χ1v) is 14.3. The van der Waals surface area contributed by atoms with E-state index in [1.807, 2.05) is 30.3 Å². The van der Waals surface area contributed by atoms with E-state index in [-0.39, 0.29) is 11.8 Å². The molecule has 190 valence electrons. The van der Waals surface area contributed by atoms with Crippen LogP contribution in [0.5, 0.6) is 11.5 Å². The number of benzene rings is 3. The normalized spacial score (nSPS) is 14.5. The molecular formula is C25H24BrCl2N3O4S. The molecule has 0 aromatic heterocycles. The fourth-order valence-corrected chi connectivity index (χ4v) is 6.08. The molecule has 36 heavy (non-hydrogen) atoms. The fourth-order valence-electron chi connectivity index (χ4n) is 3.75. The maximum atomic E-state index is 12.6. The Kier molecular flexibility index (Phi) is 8.34. The van der Waals surface area contributed by atoms with Gasteiger partial charge >= 0.3 is 6.03 Å². The molecule has 7 nitrogen and oxygen atoms in total. The molecule has 1 heterocycles. The lowest BCUT2D eigenvalue weighted by Gasteiger charge is -2.20. The molecule has 0 bridgehead atoms. The Hall–Kier alpha value is -2.46. The van der Waals surface area contributed by atoms with Crippen molar-refractivity contribution in [2.75, 3.05) is 23.7 Å². The van der Waals surface area contributed by atoms with Crippen LogP contribution in [0.1, 0.15) is 17.5 Å². The average Bonchev–Trinajstić information content (AvgIpc) is 3.20. The largest absolute Gasteiger partial charge is 0.457 e. The van der Waals surface area contributed by atoms with E-state index in [2.05, 4.69) is 21.2 Å². The number of hydrogen-bond acceptors (Lipinski definition) is 4. The maximum absolute atomic E-state index is 12.6. The molecular weight excluding hydrogens is 589 g/mol. The highest BCUT2D eigenvalue weighted by atomic mass is 79.9. The van der Waals surface area contributed by atoms with Gasteiger partial charge in [0.2, 0.25) is 10.0 Å². The topological polar surface area (TPSA) is 79.0 Å². The number of anilines is 1. The molecule has 11 heteroatoms. The highest BCUT2D eigenvalue weighted by molar-refractivity contribution is 9.10. The number of carbonyl (C=O) groups excluding carboxylic acids is 1. The second-order valence-electron chi connectivity index (χ2n) is 8.35. The predicted molar refractivity (Wildman–Crippen MR) is 147 cm³/mol. The number of nitrogens with zero attached hydrogens (tertiary/aromatic N) is 2. The molecule has 3 aromatic rings. The zero-order valence-electron chi connectivity index (χ0n) is 19.4. The van der Waals surface area contributed by atoms with Crippen molar-refractivity contribution in [3.05, 3.63) is 86.3 Å². The Balaban J connectivity index is 1.30. The summed E-state index contributed by atoms with van der Waals surface area (Å²) in [7, 11) is -1.50. The van der Waals surface area contributed by atoms with E-state index in [1.165, 1.54) is 4.31 Å². The lowest BCUT2D eigenvalue weighted by Crippen LogP contribution is -2.36. The second-order valence-corrected chi connectivity index (χ2v) is 12.0. The van der Waals surface area contributed by atoms with Crippen molar-refractivity contribution in [2.24, 2.45) is 0 Å². The summed E-state index contributed by atoms with van der Waals surface area (Å²) >= 11 is 15.5. The van der Waals surface area contributed by atoms with Gasteiger partial charge in [0.25, 0.3) is 0 Å². The highest BCUT2D eigenvalue weighted by Crippen LogP contribution is 2.31. The van der Waals surface area contributed by atoms with Gasteiger partial charge in [0.15, 0.2) is 0 Å². The Morgan fingerprint density at radius 3 is 2.39 bits per heavy atom. The second kappa shape index (κ2) is 11.3. The van der Waals surface area contributed by atoms with Gasteiger partial charge in [-0.15, -0.1) is 0 Å². The molecule has 1 N–H and O–H groups in total. The van der Waals surface area contributed by atoms with Gasteiger partial charge < -0.3 is 15.0 Å². The average molecular weight is 613 g/mol. The Morgan fingerprint density at radius 2 is 1.75 bits per heavy atom. The van der Waals surface area contributed by atoms with E-state index < -0.39 is 10.0 Å². The van der Waals surface area contributed by atoms with Gasteiger partial charge in [-0.2, -0.15) is 0 Å². The molecule has 0 aliphatic carbocycles. The first kappa shape index (κ1) is 26.6. The van der Waals surface area contributed by atoms with Crippen molar-refractivity contribution < 1.29 is 17.9 Å². The first-order valence-electron chi connectivity index (χ1n) is 11.1. The SMILES string of the molecule is CN(Cc1ccc(Oc2ccc(Cl)c(Cl)c2)cc1Br)C(=O)NCc1ccc(N2CCCS2(=O)=O)cc1. The van der Waals surface area contributed by atoms with Crippen molar-refractivity contribution in [2.45, 2.75) is 19.5 Å². The van der Waals surface area contributed by atoms with Crippen LogP contribution in [0.3, 0.4) is 0 Å². The standard InChI is InChI=1S/C25H24BrCl2N3O4S/c1-30(16-18-5-8-20(13-22(18)26)35-21-9-10-23(27)24(28)14-21)25(32)29-15-17-3-6-19(7-4-17)31-11-2-12-36(31,33)34/h3-10,13-14H,2,11-12,15-16H2,1H3,(H,29,32). The number of amides is 2. The number of carbonyl (C=O) groups is 1. The fraction of sp³-hybridized carbons (Fsp3) is 0.240. The van der Waals surface area contributed by atoms with E-state index in [0.717, 1.165) is 15.6 Å². The number of ether oxygens (including phenoxy) is 1. The summed E-state index contributed by atoms with van der Waals surface area (Å²) in [5.41, 5.74) is 2.43. The van der Waals surface area contributed by atoms with E-state index in [1.54, 1.807) is 42.3 Å². The summed E-state index contributed by atoms with van der Waals surface area (Å²) in [6.07, 6.45) is 0.634. The van der Waals surface area contributed by atoms with Gasteiger partial charge in [0.1, 0.15) is 11.5 Å². The van der Waals surface area contributed by atoms with Gasteiger partial charge in [-0.1, -0.05) is 57.3 Å². The molecule has 4 rings (SSSR count). The van der Waals surface area contributed by atoms with Crippen LogP contribution in [0.25, 0.3) is 0 Å². The molecule has 2 amide bonds. The van der Waals surface area contributed by atoms with Gasteiger partial charge in [-0.05, 0) is 53.9 Å². The zero-order chi connectivity index (χ0) is 25.9. The van der Waals surface area contributed by atoms with Crippen LogP contribution in [0.4, 0.5) is 10.5 Å². The third-order valence-electron chi connectivity index (χ3n) is 5.67. The van der Waals surface area contributed by atoms with Crippen molar-refractivity contribution in [3.8, 4) is 11.5 Å². The van der Waals surface area contributed by atoms with E-state index in [4.69, 9.17) is 27.9 Å². The van der Waals surface area contributed by atoms with Crippen LogP contribution in [0, 0.1) is 0 Å². The van der Waals surface area contributed by atoms with E-state index in [9.17, 15) is 13.2 Å². The Morgan fingerprint density at radius 1 is 1.06 bits per heavy atom. The zero-order valence-corrected chi connectivity index (χ0v) is 23.3. The molecule has 1 aliphatic heterocycles. The molecule has 1 aliphatic rings. The molecule has 0 saturated carbocycles. The molecule has 0 radical (unpaired) electrons. The Bertz CT molecular complexity index is 1370. The maximum Gasteiger partial charge on any atom is 0.317 e. The molecule has 0 atom stereocenters. The predicted octanol–water partition coefficient (Wildman–Crippen LogP) is 6.43. The van der Waals surface area contributed by atoms with Crippen molar-refractivity contribution in [1.82, 2.24) is 10.2 Å². The van der Waals surface area contributed by atoms with Crippen molar-refractivity contribution in [1.29, 1.82) is 0 Å². The minimum Gasteiger partial charge on any atom is -0.457 e. The van der Waals surface area contributed by atoms with E-state index >= 15 is 0 Å². The lowest BCUT2D eigenvalue weighted by atomic mass is 10.2. The molecule has 0 spiro atoms. The van der Waals surface area contributed by atoms with Crippen LogP contribution in [0.2, 0.25) is 10.0 Å². The van der Waals surface area contributed by atoms with Crippen LogP contribution in [-0.2, 0) is 23.1 Å². The molecule has 1 saturated heterocycles. The van der Waals surface area contributed by atoms with Gasteiger partial charge in [0, 0.05) is 37.2 Å². The summed E-state index contributed by atoms with van der Waals surface area (Å²) in [4.78, 5) is 14.2. The van der Waals surface area contributed by atoms with Crippen LogP contribution in [-0.4, -0.2) is 38.7 Å². The van der Waals surface area contributed by atoms with Gasteiger partial charge in [-0.3, -0.25) is 4.31 Å². The monoisotopic (exact) mass is 611 g/mol. The van der Waals surface area contributed by atoms with Crippen molar-refractivity contribution >= 4 is 60.9 Å².